The summed E-state index contributed by atoms with van der Waals surface area (Å²) in [5.41, 5.74) is 2.84. The Morgan fingerprint density at radius 2 is 1.82 bits per heavy atom. The highest BCUT2D eigenvalue weighted by Gasteiger charge is 2.34. The Bertz CT molecular complexity index is 872. The topological polar surface area (TPSA) is 56.3 Å². The molecule has 2 heterocycles. The number of nitrogens with zero attached hydrogens (tertiary/aromatic N) is 2. The molecule has 4 rings (SSSR count). The second-order valence-corrected chi connectivity index (χ2v) is 9.20. The average Bonchev–Trinajstić information content (AvgIpc) is 2.84. The summed E-state index contributed by atoms with van der Waals surface area (Å²) in [6.45, 7) is 3.11. The van der Waals surface area contributed by atoms with Crippen LogP contribution in [0.3, 0.4) is 0 Å². The van der Waals surface area contributed by atoms with Crippen molar-refractivity contribution in [1.29, 1.82) is 0 Å². The molecule has 1 aromatic heterocycles. The molecule has 33 heavy (non-hydrogen) atoms. The van der Waals surface area contributed by atoms with Gasteiger partial charge in [-0.2, -0.15) is 5.10 Å². The van der Waals surface area contributed by atoms with Crippen molar-refractivity contribution < 1.29 is 18.3 Å². The van der Waals surface area contributed by atoms with Crippen molar-refractivity contribution in [3.05, 3.63) is 36.0 Å². The summed E-state index contributed by atoms with van der Waals surface area (Å²) < 4.78 is 39.0. The molecule has 2 atom stereocenters. The quantitative estimate of drug-likeness (QED) is 0.512. The van der Waals surface area contributed by atoms with Crippen LogP contribution < -0.4 is 14.8 Å². The van der Waals surface area contributed by atoms with E-state index in [0.717, 1.165) is 54.7 Å². The molecule has 2 unspecified atom stereocenters. The Kier molecular flexibility index (Phi) is 8.48. The van der Waals surface area contributed by atoms with Crippen molar-refractivity contribution in [2.75, 3.05) is 13.1 Å². The summed E-state index contributed by atoms with van der Waals surface area (Å²) in [4.78, 5) is 0. The van der Waals surface area contributed by atoms with Crippen molar-refractivity contribution >= 4 is 0 Å². The zero-order valence-corrected chi connectivity index (χ0v) is 19.4. The van der Waals surface area contributed by atoms with Gasteiger partial charge in [0.1, 0.15) is 11.9 Å². The lowest BCUT2D eigenvalue weighted by molar-refractivity contribution is -0.0135. The molecule has 2 aromatic rings. The molecule has 1 aromatic carbocycles. The zero-order valence-electron chi connectivity index (χ0n) is 19.4. The highest BCUT2D eigenvalue weighted by atomic mass is 19.3. The SMILES string of the molecule is CCCCc1nnc(OC2CNCCC2C(F)F)cc1-c1ccc(OC2CCCCC2)cc1. The van der Waals surface area contributed by atoms with E-state index in [1.54, 1.807) is 0 Å². The molecule has 0 amide bonds. The van der Waals surface area contributed by atoms with Gasteiger partial charge >= 0.3 is 0 Å². The largest absolute Gasteiger partial charge is 0.490 e. The number of hydrogen-bond donors (Lipinski definition) is 1. The van der Waals surface area contributed by atoms with Crippen molar-refractivity contribution in [3.8, 4) is 22.8 Å². The van der Waals surface area contributed by atoms with Gasteiger partial charge in [-0.05, 0) is 69.2 Å². The average molecular weight is 460 g/mol. The first kappa shape index (κ1) is 23.9. The summed E-state index contributed by atoms with van der Waals surface area (Å²) in [5.74, 6) is 0.381. The molecule has 1 N–H and O–H groups in total. The lowest BCUT2D eigenvalue weighted by atomic mass is 9.95. The minimum Gasteiger partial charge on any atom is -0.490 e. The second kappa shape index (κ2) is 11.7. The van der Waals surface area contributed by atoms with E-state index in [4.69, 9.17) is 9.47 Å². The van der Waals surface area contributed by atoms with Crippen LogP contribution >= 0.6 is 0 Å². The van der Waals surface area contributed by atoms with Gasteiger partial charge in [0.25, 0.3) is 0 Å². The van der Waals surface area contributed by atoms with E-state index in [1.807, 2.05) is 30.3 Å². The molecule has 2 aliphatic rings. The third-order valence-electron chi connectivity index (χ3n) is 6.71. The van der Waals surface area contributed by atoms with Gasteiger partial charge in [-0.1, -0.05) is 31.9 Å². The molecule has 7 heteroatoms. The summed E-state index contributed by atoms with van der Waals surface area (Å²) in [6.07, 6.45) is 6.54. The number of nitrogens with one attached hydrogen (secondary N) is 1. The first-order valence-electron chi connectivity index (χ1n) is 12.4. The van der Waals surface area contributed by atoms with Gasteiger partial charge in [-0.25, -0.2) is 8.78 Å². The Morgan fingerprint density at radius 3 is 2.55 bits per heavy atom. The standard InChI is InChI=1S/C26H35F2N3O2/c1-2-3-9-23-22(18-10-12-20(13-11-18)32-19-7-5-4-6-8-19)16-25(31-30-23)33-24-17-29-15-14-21(24)26(27)28/h10-13,16,19,21,24,26,29H,2-9,14-15,17H2,1H3. The van der Waals surface area contributed by atoms with E-state index in [-0.39, 0.29) is 0 Å². The maximum atomic E-state index is 13.5. The van der Waals surface area contributed by atoms with Gasteiger partial charge in [-0.3, -0.25) is 0 Å². The van der Waals surface area contributed by atoms with Gasteiger partial charge < -0.3 is 14.8 Å². The number of unbranched alkanes of at least 4 members (excludes halogenated alkanes) is 1. The highest BCUT2D eigenvalue weighted by molar-refractivity contribution is 5.67. The number of aromatic nitrogens is 2. The lowest BCUT2D eigenvalue weighted by Crippen LogP contribution is -2.46. The van der Waals surface area contributed by atoms with E-state index in [9.17, 15) is 8.78 Å². The Labute approximate surface area is 195 Å². The number of hydrogen-bond acceptors (Lipinski definition) is 5. The number of ether oxygens (including phenoxy) is 2. The molecule has 0 bridgehead atoms. The van der Waals surface area contributed by atoms with Crippen molar-refractivity contribution in [2.24, 2.45) is 5.92 Å². The normalized spacial score (nSPS) is 21.8. The molecule has 5 nitrogen and oxygen atoms in total. The van der Waals surface area contributed by atoms with Gasteiger partial charge in [0, 0.05) is 18.2 Å². The second-order valence-electron chi connectivity index (χ2n) is 9.20. The predicted molar refractivity (Wildman–Crippen MR) is 125 cm³/mol. The van der Waals surface area contributed by atoms with E-state index >= 15 is 0 Å². The third-order valence-corrected chi connectivity index (χ3v) is 6.71. The van der Waals surface area contributed by atoms with Gasteiger partial charge in [0.15, 0.2) is 0 Å². The van der Waals surface area contributed by atoms with Crippen molar-refractivity contribution in [2.45, 2.75) is 83.3 Å². The van der Waals surface area contributed by atoms with E-state index in [0.29, 0.717) is 31.5 Å². The number of aryl methyl sites for hydroxylation is 1. The summed E-state index contributed by atoms with van der Waals surface area (Å²) in [6, 6.07) is 9.95. The van der Waals surface area contributed by atoms with Crippen LogP contribution in [0.2, 0.25) is 0 Å². The molecule has 180 valence electrons. The fourth-order valence-electron chi connectivity index (χ4n) is 4.75. The predicted octanol–water partition coefficient (Wildman–Crippen LogP) is 5.82. The molecule has 0 radical (unpaired) electrons. The van der Waals surface area contributed by atoms with Crippen LogP contribution in [0.15, 0.2) is 30.3 Å². The number of halogens is 2. The van der Waals surface area contributed by atoms with Crippen molar-refractivity contribution in [1.82, 2.24) is 15.5 Å². The summed E-state index contributed by atoms with van der Waals surface area (Å²) in [5, 5.41) is 11.8. The smallest absolute Gasteiger partial charge is 0.245 e. The van der Waals surface area contributed by atoms with E-state index < -0.39 is 18.4 Å². The molecule has 1 saturated heterocycles. The third kappa shape index (κ3) is 6.40. The maximum absolute atomic E-state index is 13.5. The Balaban J connectivity index is 1.53. The fourth-order valence-corrected chi connectivity index (χ4v) is 4.75. The van der Waals surface area contributed by atoms with Crippen LogP contribution in [-0.2, 0) is 6.42 Å². The van der Waals surface area contributed by atoms with Gasteiger partial charge in [0.2, 0.25) is 12.3 Å². The Morgan fingerprint density at radius 1 is 1.03 bits per heavy atom. The maximum Gasteiger partial charge on any atom is 0.245 e. The van der Waals surface area contributed by atoms with Crippen LogP contribution in [0.1, 0.15) is 64.0 Å². The lowest BCUT2D eigenvalue weighted by Gasteiger charge is -2.31. The van der Waals surface area contributed by atoms with Crippen molar-refractivity contribution in [3.63, 3.8) is 0 Å². The molecule has 1 aliphatic carbocycles. The van der Waals surface area contributed by atoms with Gasteiger partial charge in [0.05, 0.1) is 17.7 Å². The fraction of sp³-hybridized carbons (Fsp3) is 0.615. The summed E-state index contributed by atoms with van der Waals surface area (Å²) >= 11 is 0. The Hall–Kier alpha value is -2.28. The first-order valence-corrected chi connectivity index (χ1v) is 12.4. The van der Waals surface area contributed by atoms with E-state index in [2.05, 4.69) is 22.4 Å². The molecule has 2 fully saturated rings. The molecular formula is C26H35F2N3O2. The molecule has 1 aliphatic heterocycles. The minimum absolute atomic E-state index is 0.298. The first-order chi connectivity index (χ1) is 16.1. The number of piperidine rings is 1. The molecule has 1 saturated carbocycles. The van der Waals surface area contributed by atoms with Crippen LogP contribution in [0.25, 0.3) is 11.1 Å². The number of rotatable bonds is 9. The minimum atomic E-state index is -2.41. The van der Waals surface area contributed by atoms with Gasteiger partial charge in [-0.15, -0.1) is 5.10 Å². The van der Waals surface area contributed by atoms with Crippen LogP contribution in [0, 0.1) is 5.92 Å². The molecule has 0 spiro atoms. The van der Waals surface area contributed by atoms with Crippen LogP contribution in [0.4, 0.5) is 8.78 Å². The van der Waals surface area contributed by atoms with E-state index in [1.165, 1.54) is 19.3 Å². The monoisotopic (exact) mass is 459 g/mol. The zero-order chi connectivity index (χ0) is 23.0. The highest BCUT2D eigenvalue weighted by Crippen LogP contribution is 2.31. The number of benzene rings is 1. The summed E-state index contributed by atoms with van der Waals surface area (Å²) in [7, 11) is 0. The number of alkyl halides is 2. The van der Waals surface area contributed by atoms with Crippen LogP contribution in [-0.4, -0.2) is 41.9 Å². The molecular weight excluding hydrogens is 424 g/mol. The van der Waals surface area contributed by atoms with Crippen LogP contribution in [0.5, 0.6) is 11.6 Å².